The minimum absolute atomic E-state index is 0.120. The van der Waals surface area contributed by atoms with Gasteiger partial charge in [0.25, 0.3) is 5.56 Å². The first kappa shape index (κ1) is 16.0. The van der Waals surface area contributed by atoms with Gasteiger partial charge < -0.3 is 10.1 Å². The average molecular weight is 288 g/mol. The molecular formula is C13H22ClN3O2. The molecule has 1 rings (SSSR count). The van der Waals surface area contributed by atoms with Crippen LogP contribution < -0.4 is 10.9 Å². The molecule has 0 bridgehead atoms. The molecule has 0 aliphatic carbocycles. The van der Waals surface area contributed by atoms with E-state index in [2.05, 4.69) is 31.2 Å². The summed E-state index contributed by atoms with van der Waals surface area (Å²) < 4.78 is 6.23. The Hall–Kier alpha value is -1.07. The van der Waals surface area contributed by atoms with Crippen molar-refractivity contribution in [3.63, 3.8) is 0 Å². The number of aromatic nitrogens is 2. The standard InChI is InChI=1S/C13H22ClN3O2/c1-5-6-13(2,3)16-10-9-15-17(7-8-19-4)12(18)11(10)14/h9,16H,5-8H2,1-4H3. The summed E-state index contributed by atoms with van der Waals surface area (Å²) in [6.45, 7) is 7.09. The van der Waals surface area contributed by atoms with Crippen molar-refractivity contribution in [3.05, 3.63) is 21.6 Å². The molecule has 0 spiro atoms. The second-order valence-electron chi connectivity index (χ2n) is 5.15. The highest BCUT2D eigenvalue weighted by atomic mass is 35.5. The van der Waals surface area contributed by atoms with Crippen LogP contribution in [0.25, 0.3) is 0 Å². The van der Waals surface area contributed by atoms with Gasteiger partial charge >= 0.3 is 0 Å². The number of anilines is 1. The van der Waals surface area contributed by atoms with E-state index in [9.17, 15) is 4.79 Å². The van der Waals surface area contributed by atoms with Crippen LogP contribution in [0.3, 0.4) is 0 Å². The van der Waals surface area contributed by atoms with Gasteiger partial charge in [-0.3, -0.25) is 4.79 Å². The molecule has 0 saturated heterocycles. The van der Waals surface area contributed by atoms with Crippen LogP contribution in [0.4, 0.5) is 5.69 Å². The fourth-order valence-electron chi connectivity index (χ4n) is 1.94. The van der Waals surface area contributed by atoms with Gasteiger partial charge in [-0.2, -0.15) is 5.10 Å². The summed E-state index contributed by atoms with van der Waals surface area (Å²) in [5, 5.41) is 7.55. The van der Waals surface area contributed by atoms with E-state index in [0.717, 1.165) is 12.8 Å². The lowest BCUT2D eigenvalue weighted by Crippen LogP contribution is -2.33. The molecule has 0 radical (unpaired) electrons. The van der Waals surface area contributed by atoms with Gasteiger partial charge in [-0.15, -0.1) is 0 Å². The highest BCUT2D eigenvalue weighted by Crippen LogP contribution is 2.23. The van der Waals surface area contributed by atoms with Gasteiger partial charge in [0, 0.05) is 12.6 Å². The van der Waals surface area contributed by atoms with Gasteiger partial charge in [0.05, 0.1) is 25.0 Å². The SMILES string of the molecule is CCCC(C)(C)Nc1cnn(CCOC)c(=O)c1Cl. The Bertz CT molecular complexity index is 471. The Labute approximate surface area is 118 Å². The topological polar surface area (TPSA) is 56.1 Å². The summed E-state index contributed by atoms with van der Waals surface area (Å²) >= 11 is 6.11. The van der Waals surface area contributed by atoms with Crippen molar-refractivity contribution in [2.45, 2.75) is 45.7 Å². The molecule has 0 amide bonds. The molecule has 0 fully saturated rings. The van der Waals surface area contributed by atoms with Crippen molar-refractivity contribution in [2.75, 3.05) is 19.0 Å². The van der Waals surface area contributed by atoms with Crippen molar-refractivity contribution in [1.29, 1.82) is 0 Å². The smallest absolute Gasteiger partial charge is 0.287 e. The molecule has 6 heteroatoms. The fourth-order valence-corrected chi connectivity index (χ4v) is 2.13. The van der Waals surface area contributed by atoms with Crippen molar-refractivity contribution in [2.24, 2.45) is 0 Å². The van der Waals surface area contributed by atoms with E-state index in [1.54, 1.807) is 13.3 Å². The monoisotopic (exact) mass is 287 g/mol. The molecule has 0 aliphatic heterocycles. The third kappa shape index (κ3) is 4.51. The van der Waals surface area contributed by atoms with E-state index < -0.39 is 0 Å². The zero-order valence-corrected chi connectivity index (χ0v) is 12.8. The second-order valence-corrected chi connectivity index (χ2v) is 5.53. The lowest BCUT2D eigenvalue weighted by atomic mass is 9.99. The van der Waals surface area contributed by atoms with Gasteiger partial charge in [0.15, 0.2) is 0 Å². The van der Waals surface area contributed by atoms with Gasteiger partial charge in [-0.1, -0.05) is 24.9 Å². The third-order valence-corrected chi connectivity index (χ3v) is 3.21. The van der Waals surface area contributed by atoms with E-state index in [4.69, 9.17) is 16.3 Å². The Kier molecular flexibility index (Phi) is 5.82. The number of hydrogen-bond acceptors (Lipinski definition) is 4. The van der Waals surface area contributed by atoms with Gasteiger partial charge in [0.2, 0.25) is 0 Å². The largest absolute Gasteiger partial charge is 0.383 e. The van der Waals surface area contributed by atoms with E-state index in [1.807, 2.05) is 0 Å². The molecule has 1 aromatic rings. The zero-order valence-electron chi connectivity index (χ0n) is 12.0. The molecule has 5 nitrogen and oxygen atoms in total. The number of methoxy groups -OCH3 is 1. The first-order valence-electron chi connectivity index (χ1n) is 6.44. The Morgan fingerprint density at radius 1 is 1.53 bits per heavy atom. The first-order chi connectivity index (χ1) is 8.91. The van der Waals surface area contributed by atoms with Crippen LogP contribution in [-0.2, 0) is 11.3 Å². The zero-order chi connectivity index (χ0) is 14.5. The molecule has 108 valence electrons. The molecule has 1 N–H and O–H groups in total. The van der Waals surface area contributed by atoms with Crippen molar-refractivity contribution < 1.29 is 4.74 Å². The van der Waals surface area contributed by atoms with Crippen molar-refractivity contribution >= 4 is 17.3 Å². The van der Waals surface area contributed by atoms with E-state index in [0.29, 0.717) is 18.8 Å². The molecule has 1 heterocycles. The second kappa shape index (κ2) is 6.91. The Morgan fingerprint density at radius 3 is 2.79 bits per heavy atom. The van der Waals surface area contributed by atoms with Crippen LogP contribution in [-0.4, -0.2) is 29.0 Å². The van der Waals surface area contributed by atoms with E-state index >= 15 is 0 Å². The number of ether oxygens (including phenoxy) is 1. The summed E-state index contributed by atoms with van der Waals surface area (Å²) in [7, 11) is 1.58. The number of rotatable bonds is 7. The highest BCUT2D eigenvalue weighted by molar-refractivity contribution is 6.32. The number of nitrogens with zero attached hydrogens (tertiary/aromatic N) is 2. The summed E-state index contributed by atoms with van der Waals surface area (Å²) in [5.41, 5.74) is 0.167. The molecule has 1 aromatic heterocycles. The van der Waals surface area contributed by atoms with Crippen LogP contribution in [0.1, 0.15) is 33.6 Å². The maximum absolute atomic E-state index is 12.0. The summed E-state index contributed by atoms with van der Waals surface area (Å²) in [6.07, 6.45) is 3.63. The van der Waals surface area contributed by atoms with Crippen molar-refractivity contribution in [1.82, 2.24) is 9.78 Å². The molecule has 0 aromatic carbocycles. The number of halogens is 1. The van der Waals surface area contributed by atoms with Crippen LogP contribution in [0.2, 0.25) is 5.02 Å². The van der Waals surface area contributed by atoms with Gasteiger partial charge in [-0.05, 0) is 20.3 Å². The fraction of sp³-hybridized carbons (Fsp3) is 0.692. The predicted octanol–water partition coefficient (Wildman–Crippen LogP) is 2.53. The highest BCUT2D eigenvalue weighted by Gasteiger charge is 2.19. The van der Waals surface area contributed by atoms with Crippen LogP contribution in [0, 0.1) is 0 Å². The van der Waals surface area contributed by atoms with Crippen molar-refractivity contribution in [3.8, 4) is 0 Å². The number of nitrogens with one attached hydrogen (secondary N) is 1. The molecular weight excluding hydrogens is 266 g/mol. The minimum Gasteiger partial charge on any atom is -0.383 e. The molecule has 0 atom stereocenters. The van der Waals surface area contributed by atoms with Crippen LogP contribution in [0.5, 0.6) is 0 Å². The third-order valence-electron chi connectivity index (χ3n) is 2.84. The van der Waals surface area contributed by atoms with E-state index in [-0.39, 0.29) is 16.1 Å². The van der Waals surface area contributed by atoms with E-state index in [1.165, 1.54) is 4.68 Å². The lowest BCUT2D eigenvalue weighted by Gasteiger charge is -2.27. The molecule has 0 saturated carbocycles. The first-order valence-corrected chi connectivity index (χ1v) is 6.82. The van der Waals surface area contributed by atoms with Crippen LogP contribution >= 0.6 is 11.6 Å². The Balaban J connectivity index is 2.93. The summed E-state index contributed by atoms with van der Waals surface area (Å²) in [6, 6.07) is 0. The Morgan fingerprint density at radius 2 is 2.21 bits per heavy atom. The maximum Gasteiger partial charge on any atom is 0.287 e. The average Bonchev–Trinajstić information content (AvgIpc) is 2.34. The summed E-state index contributed by atoms with van der Waals surface area (Å²) in [4.78, 5) is 12.0. The normalized spacial score (nSPS) is 11.6. The lowest BCUT2D eigenvalue weighted by molar-refractivity contribution is 0.182. The molecule has 0 aliphatic rings. The van der Waals surface area contributed by atoms with Gasteiger partial charge in [0.1, 0.15) is 5.02 Å². The predicted molar refractivity (Wildman–Crippen MR) is 78.0 cm³/mol. The molecule has 0 unspecified atom stereocenters. The quantitative estimate of drug-likeness (QED) is 0.837. The molecule has 19 heavy (non-hydrogen) atoms. The summed E-state index contributed by atoms with van der Waals surface area (Å²) in [5.74, 6) is 0. The number of hydrogen-bond donors (Lipinski definition) is 1. The maximum atomic E-state index is 12.0. The van der Waals surface area contributed by atoms with Crippen LogP contribution in [0.15, 0.2) is 11.0 Å². The van der Waals surface area contributed by atoms with Gasteiger partial charge in [-0.25, -0.2) is 4.68 Å². The minimum atomic E-state index is -0.295.